The zero-order valence-electron chi connectivity index (χ0n) is 10.7. The molecule has 0 bridgehead atoms. The van der Waals surface area contributed by atoms with Crippen molar-refractivity contribution in [2.24, 2.45) is 0 Å². The van der Waals surface area contributed by atoms with E-state index < -0.39 is 11.9 Å². The number of aliphatic carboxylic acids is 1. The molecule has 0 unspecified atom stereocenters. The van der Waals surface area contributed by atoms with Crippen LogP contribution in [0.1, 0.15) is 29.1 Å². The molecule has 0 fully saturated rings. The van der Waals surface area contributed by atoms with Crippen LogP contribution in [-0.2, 0) is 24.3 Å². The first-order valence-corrected chi connectivity index (χ1v) is 5.92. The van der Waals surface area contributed by atoms with Gasteiger partial charge in [-0.15, -0.1) is 5.10 Å². The number of hydrogen-bond donors (Lipinski definition) is 2. The van der Waals surface area contributed by atoms with Gasteiger partial charge in [0, 0.05) is 6.42 Å². The molecule has 9 nitrogen and oxygen atoms in total. The van der Waals surface area contributed by atoms with Gasteiger partial charge in [-0.05, 0) is 0 Å². The van der Waals surface area contributed by atoms with Crippen LogP contribution in [0.5, 0.6) is 0 Å². The minimum atomic E-state index is -1.06. The minimum Gasteiger partial charge on any atom is -0.480 e. The molecule has 0 aliphatic carbocycles. The normalized spacial score (nSPS) is 10.4. The predicted octanol–water partition coefficient (Wildman–Crippen LogP) is -0.157. The first-order valence-electron chi connectivity index (χ1n) is 5.92. The van der Waals surface area contributed by atoms with Crippen LogP contribution in [0.4, 0.5) is 0 Å². The van der Waals surface area contributed by atoms with Gasteiger partial charge in [-0.2, -0.15) is 0 Å². The molecule has 0 atom stereocenters. The van der Waals surface area contributed by atoms with Crippen molar-refractivity contribution < 1.29 is 19.1 Å². The van der Waals surface area contributed by atoms with Crippen molar-refractivity contribution in [3.63, 3.8) is 0 Å². The maximum absolute atomic E-state index is 11.7. The standard InChI is InChI=1S/C11H13N5O4/c1-2-7-3-12-9(20-7)4-13-11(19)8-5-16(15-14-8)6-10(17)18/h3,5H,2,4,6H2,1H3,(H,13,19)(H,17,18). The molecular formula is C11H13N5O4. The Labute approximate surface area is 113 Å². The molecule has 0 spiro atoms. The number of nitrogens with one attached hydrogen (secondary N) is 1. The monoisotopic (exact) mass is 279 g/mol. The van der Waals surface area contributed by atoms with Gasteiger partial charge in [0.2, 0.25) is 5.89 Å². The first-order chi connectivity index (χ1) is 9.58. The van der Waals surface area contributed by atoms with Crippen LogP contribution >= 0.6 is 0 Å². The number of carbonyl (C=O) groups is 2. The third kappa shape index (κ3) is 3.40. The van der Waals surface area contributed by atoms with Crippen LogP contribution in [0, 0.1) is 0 Å². The summed E-state index contributed by atoms with van der Waals surface area (Å²) in [5, 5.41) is 18.3. The Hall–Kier alpha value is -2.71. The second-order valence-electron chi connectivity index (χ2n) is 3.95. The summed E-state index contributed by atoms with van der Waals surface area (Å²) in [5.41, 5.74) is 0.0357. The lowest BCUT2D eigenvalue weighted by molar-refractivity contribution is -0.137. The minimum absolute atomic E-state index is 0.0357. The van der Waals surface area contributed by atoms with Crippen LogP contribution in [-0.4, -0.2) is 37.0 Å². The van der Waals surface area contributed by atoms with Crippen LogP contribution in [0.15, 0.2) is 16.8 Å². The van der Waals surface area contributed by atoms with Crippen LogP contribution in [0.2, 0.25) is 0 Å². The molecule has 0 aliphatic heterocycles. The van der Waals surface area contributed by atoms with E-state index in [-0.39, 0.29) is 18.8 Å². The second kappa shape index (κ2) is 5.95. The molecule has 2 aromatic heterocycles. The number of carboxylic acids is 1. The fraction of sp³-hybridized carbons (Fsp3) is 0.364. The SMILES string of the molecule is CCc1cnc(CNC(=O)c2cn(CC(=O)O)nn2)o1. The van der Waals surface area contributed by atoms with Crippen molar-refractivity contribution in [1.82, 2.24) is 25.3 Å². The summed E-state index contributed by atoms with van der Waals surface area (Å²) in [5.74, 6) is -0.401. The van der Waals surface area contributed by atoms with E-state index in [1.165, 1.54) is 6.20 Å². The molecule has 0 aromatic carbocycles. The fourth-order valence-corrected chi connectivity index (χ4v) is 1.46. The molecule has 106 valence electrons. The summed E-state index contributed by atoms with van der Waals surface area (Å²) >= 11 is 0. The number of aromatic nitrogens is 4. The molecule has 0 saturated heterocycles. The largest absolute Gasteiger partial charge is 0.480 e. The van der Waals surface area contributed by atoms with Crippen LogP contribution < -0.4 is 5.32 Å². The summed E-state index contributed by atoms with van der Waals surface area (Å²) < 4.78 is 6.40. The van der Waals surface area contributed by atoms with Gasteiger partial charge < -0.3 is 14.8 Å². The third-order valence-corrected chi connectivity index (χ3v) is 2.42. The van der Waals surface area contributed by atoms with E-state index >= 15 is 0 Å². The molecular weight excluding hydrogens is 266 g/mol. The zero-order chi connectivity index (χ0) is 14.5. The number of rotatable bonds is 6. The van der Waals surface area contributed by atoms with Gasteiger partial charge >= 0.3 is 5.97 Å². The predicted molar refractivity (Wildman–Crippen MR) is 64.7 cm³/mol. The van der Waals surface area contributed by atoms with Gasteiger partial charge in [0.15, 0.2) is 5.69 Å². The average molecular weight is 279 g/mol. The summed E-state index contributed by atoms with van der Waals surface area (Å²) in [6.07, 6.45) is 3.59. The highest BCUT2D eigenvalue weighted by atomic mass is 16.4. The summed E-state index contributed by atoms with van der Waals surface area (Å²) in [6.45, 7) is 1.72. The number of aryl methyl sites for hydroxylation is 1. The molecule has 2 aromatic rings. The Morgan fingerprint density at radius 1 is 1.50 bits per heavy atom. The highest BCUT2D eigenvalue weighted by molar-refractivity contribution is 5.91. The van der Waals surface area contributed by atoms with Crippen molar-refractivity contribution in [3.05, 3.63) is 29.7 Å². The van der Waals surface area contributed by atoms with Gasteiger partial charge in [0.05, 0.1) is 18.9 Å². The maximum Gasteiger partial charge on any atom is 0.325 e. The van der Waals surface area contributed by atoms with Gasteiger partial charge in [-0.1, -0.05) is 12.1 Å². The van der Waals surface area contributed by atoms with E-state index in [0.29, 0.717) is 5.89 Å². The number of oxazole rings is 1. The molecule has 0 aliphatic rings. The molecule has 2 rings (SSSR count). The van der Waals surface area contributed by atoms with Crippen molar-refractivity contribution in [2.75, 3.05) is 0 Å². The molecule has 2 heterocycles. The Bertz CT molecular complexity index is 618. The van der Waals surface area contributed by atoms with Gasteiger partial charge in [0.1, 0.15) is 12.3 Å². The molecule has 2 N–H and O–H groups in total. The summed E-state index contributed by atoms with van der Waals surface area (Å²) in [6, 6.07) is 0. The Morgan fingerprint density at radius 2 is 2.30 bits per heavy atom. The van der Waals surface area contributed by atoms with E-state index in [9.17, 15) is 9.59 Å². The molecule has 1 amide bonds. The van der Waals surface area contributed by atoms with E-state index in [0.717, 1.165) is 16.9 Å². The summed E-state index contributed by atoms with van der Waals surface area (Å²) in [7, 11) is 0. The molecule has 0 radical (unpaired) electrons. The summed E-state index contributed by atoms with van der Waals surface area (Å²) in [4.78, 5) is 26.2. The highest BCUT2D eigenvalue weighted by Crippen LogP contribution is 2.04. The van der Waals surface area contributed by atoms with E-state index in [2.05, 4.69) is 20.6 Å². The topological polar surface area (TPSA) is 123 Å². The number of amides is 1. The van der Waals surface area contributed by atoms with E-state index in [4.69, 9.17) is 9.52 Å². The molecule has 20 heavy (non-hydrogen) atoms. The molecule has 0 saturated carbocycles. The number of carbonyl (C=O) groups excluding carboxylic acids is 1. The van der Waals surface area contributed by atoms with Gasteiger partial charge in [-0.3, -0.25) is 9.59 Å². The first kappa shape index (κ1) is 13.7. The van der Waals surface area contributed by atoms with Crippen LogP contribution in [0.3, 0.4) is 0 Å². The van der Waals surface area contributed by atoms with Gasteiger partial charge in [0.25, 0.3) is 5.91 Å². The van der Waals surface area contributed by atoms with E-state index in [1.807, 2.05) is 6.92 Å². The van der Waals surface area contributed by atoms with Crippen molar-refractivity contribution in [3.8, 4) is 0 Å². The lowest BCUT2D eigenvalue weighted by Crippen LogP contribution is -2.23. The Morgan fingerprint density at radius 3 is 2.95 bits per heavy atom. The third-order valence-electron chi connectivity index (χ3n) is 2.42. The van der Waals surface area contributed by atoms with E-state index in [1.54, 1.807) is 6.20 Å². The van der Waals surface area contributed by atoms with Crippen LogP contribution in [0.25, 0.3) is 0 Å². The van der Waals surface area contributed by atoms with Crippen molar-refractivity contribution in [2.45, 2.75) is 26.4 Å². The average Bonchev–Trinajstić information content (AvgIpc) is 3.04. The zero-order valence-corrected chi connectivity index (χ0v) is 10.7. The van der Waals surface area contributed by atoms with Crippen molar-refractivity contribution >= 4 is 11.9 Å². The number of nitrogens with zero attached hydrogens (tertiary/aromatic N) is 4. The quantitative estimate of drug-likeness (QED) is 0.753. The molecule has 9 heteroatoms. The smallest absolute Gasteiger partial charge is 0.325 e. The number of carboxylic acid groups (broad SMARTS) is 1. The lowest BCUT2D eigenvalue weighted by Gasteiger charge is -1.98. The Kier molecular flexibility index (Phi) is 4.08. The number of hydrogen-bond acceptors (Lipinski definition) is 6. The maximum atomic E-state index is 11.7. The second-order valence-corrected chi connectivity index (χ2v) is 3.95. The lowest BCUT2D eigenvalue weighted by atomic mass is 10.4. The van der Waals surface area contributed by atoms with Gasteiger partial charge in [-0.25, -0.2) is 9.67 Å². The highest BCUT2D eigenvalue weighted by Gasteiger charge is 2.13. The van der Waals surface area contributed by atoms with Crippen molar-refractivity contribution in [1.29, 1.82) is 0 Å². The Balaban J connectivity index is 1.91. The fourth-order valence-electron chi connectivity index (χ4n) is 1.46.